The van der Waals surface area contributed by atoms with Gasteiger partial charge < -0.3 is 0 Å². The Hall–Kier alpha value is -0.770. The van der Waals surface area contributed by atoms with Gasteiger partial charge in [-0.1, -0.05) is 0 Å². The molecule has 0 aromatic carbocycles. The zero-order valence-corrected chi connectivity index (χ0v) is 11.3. The lowest BCUT2D eigenvalue weighted by Gasteiger charge is -2.03. The van der Waals surface area contributed by atoms with Crippen LogP contribution in [0.1, 0.15) is 16.0 Å². The highest BCUT2D eigenvalue weighted by Gasteiger charge is 2.17. The Balaban J connectivity index is 3.08. The molecule has 7 heteroatoms. The monoisotopic (exact) mass is 278 g/mol. The summed E-state index contributed by atoms with van der Waals surface area (Å²) in [4.78, 5) is 0.931. The number of anilines is 1. The third-order valence-electron chi connectivity index (χ3n) is 2.09. The highest BCUT2D eigenvalue weighted by atomic mass is 35.5. The Morgan fingerprint density at radius 3 is 2.62 bits per heavy atom. The predicted molar refractivity (Wildman–Crippen MR) is 66.6 cm³/mol. The molecular weight excluding hydrogens is 268 g/mol. The number of rotatable bonds is 4. The molecule has 1 heterocycles. The van der Waals surface area contributed by atoms with Crippen molar-refractivity contribution in [3.63, 3.8) is 0 Å². The van der Waals surface area contributed by atoms with E-state index in [1.54, 1.807) is 6.92 Å². The van der Waals surface area contributed by atoms with Crippen LogP contribution in [0.25, 0.3) is 0 Å². The third-order valence-corrected chi connectivity index (χ3v) is 5.01. The second-order valence-electron chi connectivity index (χ2n) is 3.21. The molecule has 1 N–H and O–H groups in total. The van der Waals surface area contributed by atoms with Crippen LogP contribution in [0.3, 0.4) is 0 Å². The van der Waals surface area contributed by atoms with Gasteiger partial charge in [0.15, 0.2) is 0 Å². The van der Waals surface area contributed by atoms with Crippen LogP contribution in [0.4, 0.5) is 5.00 Å². The molecule has 0 unspecified atom stereocenters. The fourth-order valence-corrected chi connectivity index (χ4v) is 3.84. The van der Waals surface area contributed by atoms with E-state index in [0.717, 1.165) is 10.4 Å². The Labute approximate surface area is 104 Å². The van der Waals surface area contributed by atoms with E-state index in [1.807, 2.05) is 13.0 Å². The molecule has 1 aromatic heterocycles. The van der Waals surface area contributed by atoms with E-state index in [2.05, 4.69) is 4.72 Å². The van der Waals surface area contributed by atoms with Gasteiger partial charge in [0.2, 0.25) is 10.0 Å². The number of nitrogens with zero attached hydrogens (tertiary/aromatic N) is 1. The summed E-state index contributed by atoms with van der Waals surface area (Å²) in [6, 6.07) is 2.00. The van der Waals surface area contributed by atoms with E-state index < -0.39 is 10.0 Å². The average molecular weight is 279 g/mol. The number of nitrogens with one attached hydrogen (secondary N) is 1. The second kappa shape index (κ2) is 5.04. The molecule has 0 fully saturated rings. The summed E-state index contributed by atoms with van der Waals surface area (Å²) < 4.78 is 25.4. The van der Waals surface area contributed by atoms with E-state index in [0.29, 0.717) is 10.6 Å². The number of alkyl halides is 1. The lowest BCUT2D eigenvalue weighted by atomic mass is 10.2. The van der Waals surface area contributed by atoms with Gasteiger partial charge in [0.25, 0.3) is 0 Å². The van der Waals surface area contributed by atoms with Crippen molar-refractivity contribution in [1.82, 2.24) is 0 Å². The minimum atomic E-state index is -3.44. The molecule has 0 aliphatic heterocycles. The molecule has 0 bridgehead atoms. The maximum atomic E-state index is 11.5. The largest absolute Gasteiger partial charge is 0.273 e. The number of hydrogen-bond donors (Lipinski definition) is 1. The lowest BCUT2D eigenvalue weighted by Crippen LogP contribution is -2.17. The first-order chi connectivity index (χ1) is 7.41. The van der Waals surface area contributed by atoms with Crippen molar-refractivity contribution >= 4 is 38.0 Å². The van der Waals surface area contributed by atoms with Gasteiger partial charge in [-0.25, -0.2) is 8.42 Å². The van der Waals surface area contributed by atoms with Gasteiger partial charge in [0, 0.05) is 10.8 Å². The molecule has 0 aliphatic rings. The SMILES string of the molecule is Cc1sc(NS(=O)(=O)CCCl)c(C#N)c1C. The van der Waals surface area contributed by atoms with Crippen LogP contribution < -0.4 is 4.72 Å². The van der Waals surface area contributed by atoms with Crippen LogP contribution in [-0.4, -0.2) is 20.1 Å². The molecule has 0 saturated carbocycles. The Bertz CT molecular complexity index is 528. The normalized spacial score (nSPS) is 11.1. The van der Waals surface area contributed by atoms with Crippen LogP contribution in [-0.2, 0) is 10.0 Å². The van der Waals surface area contributed by atoms with Gasteiger partial charge in [-0.05, 0) is 19.4 Å². The van der Waals surface area contributed by atoms with Crippen molar-refractivity contribution in [2.45, 2.75) is 13.8 Å². The minimum Gasteiger partial charge on any atom is -0.273 e. The summed E-state index contributed by atoms with van der Waals surface area (Å²) in [6.45, 7) is 3.64. The van der Waals surface area contributed by atoms with E-state index in [-0.39, 0.29) is 11.6 Å². The molecule has 16 heavy (non-hydrogen) atoms. The van der Waals surface area contributed by atoms with Crippen molar-refractivity contribution in [2.75, 3.05) is 16.4 Å². The summed E-state index contributed by atoms with van der Waals surface area (Å²) in [6.07, 6.45) is 0. The van der Waals surface area contributed by atoms with Gasteiger partial charge in [-0.3, -0.25) is 4.72 Å². The van der Waals surface area contributed by atoms with E-state index in [4.69, 9.17) is 16.9 Å². The Morgan fingerprint density at radius 1 is 1.50 bits per heavy atom. The summed E-state index contributed by atoms with van der Waals surface area (Å²) in [5.41, 5.74) is 1.21. The Kier molecular flexibility index (Phi) is 4.19. The zero-order chi connectivity index (χ0) is 12.3. The number of sulfonamides is 1. The average Bonchev–Trinajstić information content (AvgIpc) is 2.41. The lowest BCUT2D eigenvalue weighted by molar-refractivity contribution is 0.602. The summed E-state index contributed by atoms with van der Waals surface area (Å²) in [7, 11) is -3.44. The molecule has 1 rings (SSSR count). The minimum absolute atomic E-state index is 0.0283. The van der Waals surface area contributed by atoms with Gasteiger partial charge in [0.05, 0.1) is 11.3 Å². The van der Waals surface area contributed by atoms with Crippen LogP contribution in [0.5, 0.6) is 0 Å². The smallest absolute Gasteiger partial charge is 0.234 e. The molecule has 0 radical (unpaired) electrons. The maximum Gasteiger partial charge on any atom is 0.234 e. The van der Waals surface area contributed by atoms with E-state index in [1.165, 1.54) is 11.3 Å². The molecule has 0 aliphatic carbocycles. The maximum absolute atomic E-state index is 11.5. The van der Waals surface area contributed by atoms with Crippen molar-refractivity contribution in [2.24, 2.45) is 0 Å². The van der Waals surface area contributed by atoms with Crippen LogP contribution in [0, 0.1) is 25.2 Å². The molecule has 0 saturated heterocycles. The number of nitriles is 1. The highest BCUT2D eigenvalue weighted by Crippen LogP contribution is 2.32. The number of thiophene rings is 1. The topological polar surface area (TPSA) is 70.0 Å². The van der Waals surface area contributed by atoms with Crippen molar-refractivity contribution in [3.05, 3.63) is 16.0 Å². The van der Waals surface area contributed by atoms with E-state index in [9.17, 15) is 8.42 Å². The molecular formula is C9H11ClN2O2S2. The van der Waals surface area contributed by atoms with Crippen LogP contribution in [0.2, 0.25) is 0 Å². The van der Waals surface area contributed by atoms with Gasteiger partial charge >= 0.3 is 0 Å². The summed E-state index contributed by atoms with van der Waals surface area (Å²) >= 11 is 6.64. The van der Waals surface area contributed by atoms with Gasteiger partial charge in [-0.15, -0.1) is 22.9 Å². The quantitative estimate of drug-likeness (QED) is 0.859. The fraction of sp³-hybridized carbons (Fsp3) is 0.444. The Morgan fingerprint density at radius 2 is 2.12 bits per heavy atom. The molecule has 4 nitrogen and oxygen atoms in total. The molecule has 1 aromatic rings. The molecule has 0 atom stereocenters. The molecule has 88 valence electrons. The van der Waals surface area contributed by atoms with Gasteiger partial charge in [-0.2, -0.15) is 5.26 Å². The third kappa shape index (κ3) is 2.88. The van der Waals surface area contributed by atoms with Crippen LogP contribution >= 0.6 is 22.9 Å². The number of hydrogen-bond acceptors (Lipinski definition) is 4. The zero-order valence-electron chi connectivity index (χ0n) is 8.87. The van der Waals surface area contributed by atoms with E-state index >= 15 is 0 Å². The number of halogens is 1. The summed E-state index contributed by atoms with van der Waals surface area (Å²) in [5, 5.41) is 9.31. The summed E-state index contributed by atoms with van der Waals surface area (Å²) in [5.74, 6) is -0.129. The second-order valence-corrected chi connectivity index (χ2v) is 6.65. The van der Waals surface area contributed by atoms with Crippen molar-refractivity contribution < 1.29 is 8.42 Å². The standard InChI is InChI=1S/C9H11ClN2O2S2/c1-6-7(2)15-9(8(6)5-11)12-16(13,14)4-3-10/h12H,3-4H2,1-2H3. The first kappa shape index (κ1) is 13.3. The highest BCUT2D eigenvalue weighted by molar-refractivity contribution is 7.93. The first-order valence-corrected chi connectivity index (χ1v) is 7.48. The predicted octanol–water partition coefficient (Wildman–Crippen LogP) is 2.22. The number of aryl methyl sites for hydroxylation is 1. The van der Waals surface area contributed by atoms with Crippen molar-refractivity contribution in [1.29, 1.82) is 5.26 Å². The molecule has 0 amide bonds. The van der Waals surface area contributed by atoms with Gasteiger partial charge in [0.1, 0.15) is 11.1 Å². The fourth-order valence-electron chi connectivity index (χ4n) is 1.13. The first-order valence-electron chi connectivity index (χ1n) is 4.48. The van der Waals surface area contributed by atoms with Crippen LogP contribution in [0.15, 0.2) is 0 Å². The molecule has 0 spiro atoms. The van der Waals surface area contributed by atoms with Crippen molar-refractivity contribution in [3.8, 4) is 6.07 Å².